The van der Waals surface area contributed by atoms with E-state index in [-0.39, 0.29) is 12.6 Å². The molecule has 0 amide bonds. The molecule has 0 fully saturated rings. The van der Waals surface area contributed by atoms with Crippen molar-refractivity contribution < 1.29 is 5.11 Å². The van der Waals surface area contributed by atoms with E-state index < -0.39 is 0 Å². The standard InChI is InChI=1S/C17H29NO/c1-11(2)17(10-19)18-8-7-16-14(5)12(3)9-13(4)15(16)6/h9,11,17-19H,7-8,10H2,1-6H3. The molecule has 2 N–H and O–H groups in total. The number of aliphatic hydroxyl groups excluding tert-OH is 1. The van der Waals surface area contributed by atoms with Crippen LogP contribution in [0.3, 0.4) is 0 Å². The molecule has 0 bridgehead atoms. The molecule has 0 aliphatic carbocycles. The fraction of sp³-hybridized carbons (Fsp3) is 0.647. The van der Waals surface area contributed by atoms with Crippen LogP contribution in [0.4, 0.5) is 0 Å². The van der Waals surface area contributed by atoms with Crippen LogP contribution in [0, 0.1) is 33.6 Å². The first-order chi connectivity index (χ1) is 8.88. The molecular formula is C17H29NO. The molecule has 0 aliphatic heterocycles. The fourth-order valence-electron chi connectivity index (χ4n) is 2.57. The summed E-state index contributed by atoms with van der Waals surface area (Å²) in [6.07, 6.45) is 1.03. The van der Waals surface area contributed by atoms with Crippen molar-refractivity contribution in [2.24, 2.45) is 5.92 Å². The molecule has 1 aromatic carbocycles. The Labute approximate surface area is 118 Å². The van der Waals surface area contributed by atoms with E-state index in [9.17, 15) is 5.11 Å². The van der Waals surface area contributed by atoms with Gasteiger partial charge in [0.2, 0.25) is 0 Å². The zero-order valence-corrected chi connectivity index (χ0v) is 13.3. The maximum atomic E-state index is 9.33. The second-order valence-electron chi connectivity index (χ2n) is 5.98. The molecule has 19 heavy (non-hydrogen) atoms. The first-order valence-electron chi connectivity index (χ1n) is 7.29. The van der Waals surface area contributed by atoms with Crippen LogP contribution in [-0.4, -0.2) is 24.3 Å². The lowest BCUT2D eigenvalue weighted by molar-refractivity contribution is 0.212. The number of hydrogen-bond acceptors (Lipinski definition) is 2. The van der Waals surface area contributed by atoms with Gasteiger partial charge in [0, 0.05) is 6.04 Å². The van der Waals surface area contributed by atoms with Gasteiger partial charge in [-0.2, -0.15) is 0 Å². The summed E-state index contributed by atoms with van der Waals surface area (Å²) in [6, 6.07) is 2.47. The topological polar surface area (TPSA) is 32.3 Å². The van der Waals surface area contributed by atoms with Crippen LogP contribution in [0.25, 0.3) is 0 Å². The molecule has 2 heteroatoms. The highest BCUT2D eigenvalue weighted by molar-refractivity contribution is 5.44. The third-order valence-electron chi connectivity index (χ3n) is 4.30. The van der Waals surface area contributed by atoms with Crippen LogP contribution < -0.4 is 5.32 Å². The molecule has 0 saturated carbocycles. The van der Waals surface area contributed by atoms with Crippen molar-refractivity contribution in [3.8, 4) is 0 Å². The Morgan fingerprint density at radius 1 is 1.05 bits per heavy atom. The Kier molecular flexibility index (Phi) is 6.02. The predicted octanol–water partition coefficient (Wildman–Crippen LogP) is 3.07. The molecule has 0 aliphatic rings. The molecule has 0 spiro atoms. The van der Waals surface area contributed by atoms with Crippen molar-refractivity contribution in [3.05, 3.63) is 33.9 Å². The largest absolute Gasteiger partial charge is 0.395 e. The average molecular weight is 263 g/mol. The lowest BCUT2D eigenvalue weighted by atomic mass is 9.92. The molecule has 1 rings (SSSR count). The van der Waals surface area contributed by atoms with E-state index in [1.54, 1.807) is 0 Å². The van der Waals surface area contributed by atoms with Gasteiger partial charge in [-0.1, -0.05) is 19.9 Å². The van der Waals surface area contributed by atoms with E-state index in [1.165, 1.54) is 27.8 Å². The number of rotatable bonds is 6. The Balaban J connectivity index is 2.73. The van der Waals surface area contributed by atoms with Gasteiger partial charge in [0.05, 0.1) is 6.61 Å². The summed E-state index contributed by atoms with van der Waals surface area (Å²) in [4.78, 5) is 0. The maximum absolute atomic E-state index is 9.33. The van der Waals surface area contributed by atoms with Crippen molar-refractivity contribution in [1.29, 1.82) is 0 Å². The van der Waals surface area contributed by atoms with Crippen LogP contribution in [0.1, 0.15) is 41.7 Å². The van der Waals surface area contributed by atoms with Crippen molar-refractivity contribution >= 4 is 0 Å². The molecule has 108 valence electrons. The average Bonchev–Trinajstić information content (AvgIpc) is 2.35. The lowest BCUT2D eigenvalue weighted by Gasteiger charge is -2.21. The first kappa shape index (κ1) is 16.2. The van der Waals surface area contributed by atoms with Crippen molar-refractivity contribution in [2.45, 2.75) is 54.0 Å². The molecule has 2 nitrogen and oxygen atoms in total. The van der Waals surface area contributed by atoms with Crippen LogP contribution in [-0.2, 0) is 6.42 Å². The minimum atomic E-state index is 0.200. The predicted molar refractivity (Wildman–Crippen MR) is 82.8 cm³/mol. The monoisotopic (exact) mass is 263 g/mol. The third kappa shape index (κ3) is 4.05. The second-order valence-corrected chi connectivity index (χ2v) is 5.98. The van der Waals surface area contributed by atoms with Gasteiger partial charge in [-0.25, -0.2) is 0 Å². The van der Waals surface area contributed by atoms with E-state index in [1.807, 2.05) is 0 Å². The van der Waals surface area contributed by atoms with Crippen LogP contribution >= 0.6 is 0 Å². The minimum absolute atomic E-state index is 0.200. The van der Waals surface area contributed by atoms with Gasteiger partial charge in [-0.15, -0.1) is 0 Å². The summed E-state index contributed by atoms with van der Waals surface area (Å²) in [6.45, 7) is 14.2. The minimum Gasteiger partial charge on any atom is -0.395 e. The number of nitrogens with one attached hydrogen (secondary N) is 1. The molecule has 0 aromatic heterocycles. The molecule has 1 unspecified atom stereocenters. The molecule has 0 saturated heterocycles. The van der Waals surface area contributed by atoms with Gasteiger partial charge in [0.15, 0.2) is 0 Å². The number of benzene rings is 1. The van der Waals surface area contributed by atoms with Crippen molar-refractivity contribution in [1.82, 2.24) is 5.32 Å². The smallest absolute Gasteiger partial charge is 0.0587 e. The second kappa shape index (κ2) is 7.06. The van der Waals surface area contributed by atoms with E-state index in [0.717, 1.165) is 13.0 Å². The first-order valence-corrected chi connectivity index (χ1v) is 7.29. The van der Waals surface area contributed by atoms with E-state index >= 15 is 0 Å². The Morgan fingerprint density at radius 3 is 2.00 bits per heavy atom. The summed E-state index contributed by atoms with van der Waals surface area (Å²) in [5.74, 6) is 0.464. The summed E-state index contributed by atoms with van der Waals surface area (Å²) in [5.41, 5.74) is 7.04. The normalized spacial score (nSPS) is 13.1. The maximum Gasteiger partial charge on any atom is 0.0587 e. The van der Waals surface area contributed by atoms with Gasteiger partial charge in [0.25, 0.3) is 0 Å². The summed E-state index contributed by atoms with van der Waals surface area (Å²) >= 11 is 0. The number of aryl methyl sites for hydroxylation is 2. The van der Waals surface area contributed by atoms with Gasteiger partial charge in [-0.05, 0) is 74.4 Å². The Hall–Kier alpha value is -0.860. The van der Waals surface area contributed by atoms with E-state index in [2.05, 4.69) is 52.9 Å². The summed E-state index contributed by atoms with van der Waals surface area (Å²) in [7, 11) is 0. The van der Waals surface area contributed by atoms with Gasteiger partial charge >= 0.3 is 0 Å². The molecule has 0 radical (unpaired) electrons. The summed E-state index contributed by atoms with van der Waals surface area (Å²) < 4.78 is 0. The van der Waals surface area contributed by atoms with Crippen LogP contribution in [0.2, 0.25) is 0 Å². The lowest BCUT2D eigenvalue weighted by Crippen LogP contribution is -2.38. The Bertz CT molecular complexity index is 398. The number of hydrogen-bond donors (Lipinski definition) is 2. The zero-order valence-electron chi connectivity index (χ0n) is 13.3. The fourth-order valence-corrected chi connectivity index (χ4v) is 2.57. The molecule has 1 atom stereocenters. The zero-order chi connectivity index (χ0) is 14.6. The van der Waals surface area contributed by atoms with E-state index in [0.29, 0.717) is 5.92 Å². The van der Waals surface area contributed by atoms with Gasteiger partial charge < -0.3 is 10.4 Å². The Morgan fingerprint density at radius 2 is 1.58 bits per heavy atom. The summed E-state index contributed by atoms with van der Waals surface area (Å²) in [5, 5.41) is 12.8. The van der Waals surface area contributed by atoms with Crippen molar-refractivity contribution in [2.75, 3.05) is 13.2 Å². The number of aliphatic hydroxyl groups is 1. The highest BCUT2D eigenvalue weighted by atomic mass is 16.3. The van der Waals surface area contributed by atoms with Crippen molar-refractivity contribution in [3.63, 3.8) is 0 Å². The highest BCUT2D eigenvalue weighted by Crippen LogP contribution is 2.21. The van der Waals surface area contributed by atoms with Crippen LogP contribution in [0.15, 0.2) is 6.07 Å². The van der Waals surface area contributed by atoms with Crippen LogP contribution in [0.5, 0.6) is 0 Å². The van der Waals surface area contributed by atoms with Gasteiger partial charge in [-0.3, -0.25) is 0 Å². The van der Waals surface area contributed by atoms with Gasteiger partial charge in [0.1, 0.15) is 0 Å². The highest BCUT2D eigenvalue weighted by Gasteiger charge is 2.12. The molecule has 0 heterocycles. The SMILES string of the molecule is Cc1cc(C)c(C)c(CCNC(CO)C(C)C)c1C. The van der Waals surface area contributed by atoms with E-state index in [4.69, 9.17) is 0 Å². The quantitative estimate of drug-likeness (QED) is 0.826. The third-order valence-corrected chi connectivity index (χ3v) is 4.30. The molecular weight excluding hydrogens is 234 g/mol. The molecule has 1 aromatic rings.